The Balaban J connectivity index is 1.40. The van der Waals surface area contributed by atoms with Gasteiger partial charge in [0.05, 0.1) is 13.1 Å². The molecule has 136 valence electrons. The summed E-state index contributed by atoms with van der Waals surface area (Å²) in [7, 11) is 0. The van der Waals surface area contributed by atoms with Crippen molar-refractivity contribution in [1.82, 2.24) is 4.90 Å². The third-order valence-corrected chi connectivity index (χ3v) is 6.09. The first-order chi connectivity index (χ1) is 12.7. The van der Waals surface area contributed by atoms with Crippen LogP contribution in [0.25, 0.3) is 0 Å². The van der Waals surface area contributed by atoms with Crippen LogP contribution in [-0.2, 0) is 20.7 Å². The Morgan fingerprint density at radius 2 is 2.00 bits per heavy atom. The molecule has 2 aliphatic heterocycles. The van der Waals surface area contributed by atoms with Gasteiger partial charge < -0.3 is 14.5 Å². The molecule has 1 spiro atoms. The lowest BCUT2D eigenvalue weighted by Gasteiger charge is -2.40. The van der Waals surface area contributed by atoms with Gasteiger partial charge >= 0.3 is 0 Å². The Hall–Kier alpha value is -2.18. The summed E-state index contributed by atoms with van der Waals surface area (Å²) in [6, 6.07) is 13.8. The highest BCUT2D eigenvalue weighted by molar-refractivity contribution is 7.09. The third-order valence-electron chi connectivity index (χ3n) is 5.15. The van der Waals surface area contributed by atoms with Crippen LogP contribution >= 0.6 is 11.3 Å². The van der Waals surface area contributed by atoms with E-state index in [9.17, 15) is 9.59 Å². The van der Waals surface area contributed by atoms with Crippen molar-refractivity contribution in [1.29, 1.82) is 0 Å². The lowest BCUT2D eigenvalue weighted by atomic mass is 10.00. The normalized spacial score (nSPS) is 23.0. The van der Waals surface area contributed by atoms with Crippen LogP contribution < -0.4 is 4.90 Å². The maximum absolute atomic E-state index is 12.6. The summed E-state index contributed by atoms with van der Waals surface area (Å²) in [5.74, 6) is 0.145. The van der Waals surface area contributed by atoms with E-state index in [1.807, 2.05) is 46.7 Å². The van der Waals surface area contributed by atoms with E-state index in [1.54, 1.807) is 16.2 Å². The van der Waals surface area contributed by atoms with Crippen molar-refractivity contribution in [2.24, 2.45) is 0 Å². The molecule has 0 aliphatic carbocycles. The molecule has 0 bridgehead atoms. The van der Waals surface area contributed by atoms with Crippen LogP contribution in [0, 0.1) is 0 Å². The molecule has 1 unspecified atom stereocenters. The van der Waals surface area contributed by atoms with Gasteiger partial charge in [0.25, 0.3) is 5.91 Å². The average Bonchev–Trinajstić information content (AvgIpc) is 3.33. The smallest absolute Gasteiger partial charge is 0.253 e. The fourth-order valence-electron chi connectivity index (χ4n) is 3.71. The summed E-state index contributed by atoms with van der Waals surface area (Å²) in [6.07, 6.45) is 2.09. The number of ether oxygens (including phenoxy) is 1. The molecular weight excluding hydrogens is 348 g/mol. The first-order valence-corrected chi connectivity index (χ1v) is 9.83. The van der Waals surface area contributed by atoms with E-state index >= 15 is 0 Å². The number of thiophene rings is 1. The number of anilines is 1. The van der Waals surface area contributed by atoms with Crippen molar-refractivity contribution in [2.75, 3.05) is 31.1 Å². The second-order valence-electron chi connectivity index (χ2n) is 6.93. The minimum absolute atomic E-state index is 0.0238. The first kappa shape index (κ1) is 17.2. The molecule has 2 aromatic rings. The lowest BCUT2D eigenvalue weighted by Crippen LogP contribution is -2.56. The summed E-state index contributed by atoms with van der Waals surface area (Å²) < 4.78 is 5.94. The number of carbonyl (C=O) groups excluding carboxylic acids is 2. The number of para-hydroxylation sites is 1. The highest BCUT2D eigenvalue weighted by atomic mass is 32.1. The molecule has 6 heteroatoms. The predicted octanol–water partition coefficient (Wildman–Crippen LogP) is 2.72. The minimum atomic E-state index is -0.442. The molecule has 1 aromatic carbocycles. The number of likely N-dealkylation sites (tertiary alicyclic amines) is 1. The average molecular weight is 370 g/mol. The maximum atomic E-state index is 12.6. The number of amides is 2. The first-order valence-electron chi connectivity index (χ1n) is 8.95. The molecule has 3 heterocycles. The Morgan fingerprint density at radius 3 is 2.77 bits per heavy atom. The van der Waals surface area contributed by atoms with Gasteiger partial charge in [0.1, 0.15) is 12.2 Å². The van der Waals surface area contributed by atoms with Crippen LogP contribution in [0.15, 0.2) is 47.8 Å². The largest absolute Gasteiger partial charge is 0.361 e. The Bertz CT molecular complexity index is 778. The standard InChI is InChI=1S/C20H22N2O3S/c23-18(9-8-17-7-4-12-26-17)21-11-10-20(14-21)15-22(19(24)13-25-20)16-5-2-1-3-6-16/h1-7,12H,8-11,13-15H2. The van der Waals surface area contributed by atoms with Gasteiger partial charge in [-0.1, -0.05) is 24.3 Å². The number of benzene rings is 1. The van der Waals surface area contributed by atoms with E-state index < -0.39 is 5.60 Å². The minimum Gasteiger partial charge on any atom is -0.361 e. The van der Waals surface area contributed by atoms with Gasteiger partial charge in [-0.05, 0) is 36.4 Å². The molecule has 0 saturated carbocycles. The highest BCUT2D eigenvalue weighted by Gasteiger charge is 2.46. The zero-order valence-corrected chi connectivity index (χ0v) is 15.4. The number of morpholine rings is 1. The predicted molar refractivity (Wildman–Crippen MR) is 101 cm³/mol. The quantitative estimate of drug-likeness (QED) is 0.832. The van der Waals surface area contributed by atoms with Gasteiger partial charge in [0.15, 0.2) is 0 Å². The summed E-state index contributed by atoms with van der Waals surface area (Å²) in [5.41, 5.74) is 0.449. The second kappa shape index (κ2) is 7.21. The van der Waals surface area contributed by atoms with Gasteiger partial charge in [-0.15, -0.1) is 11.3 Å². The summed E-state index contributed by atoms with van der Waals surface area (Å²) in [6.45, 7) is 1.84. The van der Waals surface area contributed by atoms with Crippen molar-refractivity contribution >= 4 is 28.8 Å². The van der Waals surface area contributed by atoms with Crippen LogP contribution in [0.5, 0.6) is 0 Å². The van der Waals surface area contributed by atoms with Crippen LogP contribution in [0.4, 0.5) is 5.69 Å². The van der Waals surface area contributed by atoms with E-state index in [0.717, 1.165) is 18.5 Å². The molecular formula is C20H22N2O3S. The van der Waals surface area contributed by atoms with E-state index in [2.05, 4.69) is 6.07 Å². The van der Waals surface area contributed by atoms with Crippen molar-refractivity contribution in [3.05, 3.63) is 52.7 Å². The summed E-state index contributed by atoms with van der Waals surface area (Å²) >= 11 is 1.69. The summed E-state index contributed by atoms with van der Waals surface area (Å²) in [5, 5.41) is 2.04. The molecule has 2 amide bonds. The number of hydrogen-bond donors (Lipinski definition) is 0. The topological polar surface area (TPSA) is 49.9 Å². The maximum Gasteiger partial charge on any atom is 0.253 e. The van der Waals surface area contributed by atoms with Crippen molar-refractivity contribution in [3.8, 4) is 0 Å². The molecule has 0 radical (unpaired) electrons. The summed E-state index contributed by atoms with van der Waals surface area (Å²) in [4.78, 5) is 29.8. The van der Waals surface area contributed by atoms with E-state index in [4.69, 9.17) is 4.74 Å². The Morgan fingerprint density at radius 1 is 1.15 bits per heavy atom. The molecule has 2 aliphatic rings. The lowest BCUT2D eigenvalue weighted by molar-refractivity contribution is -0.139. The van der Waals surface area contributed by atoms with E-state index in [-0.39, 0.29) is 18.4 Å². The van der Waals surface area contributed by atoms with Crippen LogP contribution in [0.2, 0.25) is 0 Å². The number of carbonyl (C=O) groups is 2. The van der Waals surface area contributed by atoms with Crippen LogP contribution in [0.1, 0.15) is 17.7 Å². The number of hydrogen-bond acceptors (Lipinski definition) is 4. The fraction of sp³-hybridized carbons (Fsp3) is 0.400. The monoisotopic (exact) mass is 370 g/mol. The molecule has 2 saturated heterocycles. The van der Waals surface area contributed by atoms with Gasteiger partial charge in [-0.3, -0.25) is 9.59 Å². The van der Waals surface area contributed by atoms with Gasteiger partial charge in [-0.25, -0.2) is 0 Å². The Kier molecular flexibility index (Phi) is 4.78. The van der Waals surface area contributed by atoms with Crippen molar-refractivity contribution in [3.63, 3.8) is 0 Å². The van der Waals surface area contributed by atoms with E-state index in [1.165, 1.54) is 4.88 Å². The molecule has 5 nitrogen and oxygen atoms in total. The zero-order chi connectivity index (χ0) is 18.0. The fourth-order valence-corrected chi connectivity index (χ4v) is 4.41. The van der Waals surface area contributed by atoms with E-state index in [0.29, 0.717) is 26.1 Å². The molecule has 2 fully saturated rings. The SMILES string of the molecule is O=C(CCc1cccs1)N1CCC2(C1)CN(c1ccccc1)C(=O)CO2. The second-order valence-corrected chi connectivity index (χ2v) is 7.96. The molecule has 4 rings (SSSR count). The van der Waals surface area contributed by atoms with Crippen molar-refractivity contribution in [2.45, 2.75) is 24.9 Å². The number of aryl methyl sites for hydroxylation is 1. The van der Waals surface area contributed by atoms with Crippen LogP contribution in [0.3, 0.4) is 0 Å². The number of rotatable bonds is 4. The molecule has 1 aromatic heterocycles. The number of nitrogens with zero attached hydrogens (tertiary/aromatic N) is 2. The zero-order valence-electron chi connectivity index (χ0n) is 14.6. The Labute approximate surface area is 157 Å². The van der Waals surface area contributed by atoms with Gasteiger partial charge in [0, 0.05) is 23.5 Å². The molecule has 0 N–H and O–H groups in total. The van der Waals surface area contributed by atoms with Gasteiger partial charge in [0.2, 0.25) is 5.91 Å². The third kappa shape index (κ3) is 3.52. The van der Waals surface area contributed by atoms with Crippen LogP contribution in [-0.4, -0.2) is 48.6 Å². The molecule has 26 heavy (non-hydrogen) atoms. The van der Waals surface area contributed by atoms with Crippen molar-refractivity contribution < 1.29 is 14.3 Å². The molecule has 1 atom stereocenters. The van der Waals surface area contributed by atoms with Gasteiger partial charge in [-0.2, -0.15) is 0 Å². The highest BCUT2D eigenvalue weighted by Crippen LogP contribution is 2.32.